The van der Waals surface area contributed by atoms with Crippen molar-refractivity contribution in [3.05, 3.63) is 63.5 Å². The number of esters is 1. The molecule has 0 atom stereocenters. The molecule has 0 bridgehead atoms. The van der Waals surface area contributed by atoms with Crippen molar-refractivity contribution in [1.29, 1.82) is 0 Å². The van der Waals surface area contributed by atoms with Crippen LogP contribution in [0.15, 0.2) is 42.0 Å². The molecule has 3 rings (SSSR count). The van der Waals surface area contributed by atoms with E-state index in [1.807, 2.05) is 31.2 Å². The summed E-state index contributed by atoms with van der Waals surface area (Å²) < 4.78 is 16.2. The molecular formula is C19H18ClN3O4S. The van der Waals surface area contributed by atoms with Gasteiger partial charge in [0.1, 0.15) is 17.4 Å². The highest BCUT2D eigenvalue weighted by Gasteiger charge is 2.12. The van der Waals surface area contributed by atoms with Crippen molar-refractivity contribution >= 4 is 28.9 Å². The van der Waals surface area contributed by atoms with Crippen LogP contribution < -0.4 is 9.47 Å². The van der Waals surface area contributed by atoms with E-state index in [1.54, 1.807) is 5.38 Å². The summed E-state index contributed by atoms with van der Waals surface area (Å²) in [7, 11) is 0. The summed E-state index contributed by atoms with van der Waals surface area (Å²) in [6.07, 6.45) is 3.39. The number of aromatic nitrogens is 3. The molecule has 0 N–H and O–H groups in total. The molecule has 0 saturated carbocycles. The quantitative estimate of drug-likeness (QED) is 0.381. The van der Waals surface area contributed by atoms with Gasteiger partial charge >= 0.3 is 5.97 Å². The molecule has 0 fully saturated rings. The van der Waals surface area contributed by atoms with Gasteiger partial charge in [0.2, 0.25) is 5.88 Å². The van der Waals surface area contributed by atoms with Gasteiger partial charge in [-0.2, -0.15) is 4.98 Å². The van der Waals surface area contributed by atoms with Crippen molar-refractivity contribution in [1.82, 2.24) is 15.0 Å². The van der Waals surface area contributed by atoms with E-state index in [9.17, 15) is 4.79 Å². The number of hydrogen-bond acceptors (Lipinski definition) is 8. The predicted octanol–water partition coefficient (Wildman–Crippen LogP) is 4.10. The van der Waals surface area contributed by atoms with Gasteiger partial charge in [0, 0.05) is 11.8 Å². The molecule has 0 radical (unpaired) electrons. The molecule has 28 heavy (non-hydrogen) atoms. The normalized spacial score (nSPS) is 10.5. The average molecular weight is 420 g/mol. The van der Waals surface area contributed by atoms with Gasteiger partial charge in [-0.15, -0.1) is 11.3 Å². The van der Waals surface area contributed by atoms with Crippen molar-refractivity contribution < 1.29 is 19.0 Å². The summed E-state index contributed by atoms with van der Waals surface area (Å²) in [5, 5.41) is 2.62. The molecule has 9 heteroatoms. The highest BCUT2D eigenvalue weighted by Crippen LogP contribution is 2.16. The van der Waals surface area contributed by atoms with E-state index >= 15 is 0 Å². The number of carbonyl (C=O) groups is 1. The number of ether oxygens (including phenoxy) is 3. The van der Waals surface area contributed by atoms with Crippen molar-refractivity contribution in [2.75, 3.05) is 13.2 Å². The molecule has 0 saturated heterocycles. The van der Waals surface area contributed by atoms with E-state index in [-0.39, 0.29) is 17.5 Å². The molecule has 2 aromatic heterocycles. The van der Waals surface area contributed by atoms with Crippen LogP contribution in [0.4, 0.5) is 0 Å². The third-order valence-electron chi connectivity index (χ3n) is 3.50. The SMILES string of the molecule is Cc1ccc(OCc2nc(C(=O)OCCCOc3cncc(Cl)n3)cs2)cc1. The number of carbonyl (C=O) groups excluding carboxylic acids is 1. The van der Waals surface area contributed by atoms with E-state index in [2.05, 4.69) is 15.0 Å². The van der Waals surface area contributed by atoms with Crippen LogP contribution in [0.1, 0.15) is 27.5 Å². The summed E-state index contributed by atoms with van der Waals surface area (Å²) in [6.45, 7) is 2.85. The zero-order chi connectivity index (χ0) is 19.8. The number of nitrogens with zero attached hydrogens (tertiary/aromatic N) is 3. The molecule has 0 aliphatic carbocycles. The lowest BCUT2D eigenvalue weighted by Crippen LogP contribution is -2.10. The van der Waals surface area contributed by atoms with Crippen LogP contribution in [0.2, 0.25) is 5.15 Å². The fourth-order valence-electron chi connectivity index (χ4n) is 2.12. The minimum atomic E-state index is -0.472. The Hall–Kier alpha value is -2.71. The predicted molar refractivity (Wildman–Crippen MR) is 105 cm³/mol. The third kappa shape index (κ3) is 6.17. The van der Waals surface area contributed by atoms with E-state index in [4.69, 9.17) is 25.8 Å². The topological polar surface area (TPSA) is 83.4 Å². The first-order valence-electron chi connectivity index (χ1n) is 8.51. The lowest BCUT2D eigenvalue weighted by Gasteiger charge is -2.05. The van der Waals surface area contributed by atoms with E-state index in [0.29, 0.717) is 30.5 Å². The summed E-state index contributed by atoms with van der Waals surface area (Å²) in [6, 6.07) is 7.75. The van der Waals surface area contributed by atoms with Crippen molar-refractivity contribution in [3.63, 3.8) is 0 Å². The number of benzene rings is 1. The van der Waals surface area contributed by atoms with Gasteiger partial charge < -0.3 is 14.2 Å². The summed E-state index contributed by atoms with van der Waals surface area (Å²) in [5.74, 6) is 0.617. The van der Waals surface area contributed by atoms with Crippen LogP contribution in [0.5, 0.6) is 11.6 Å². The van der Waals surface area contributed by atoms with E-state index in [0.717, 1.165) is 11.3 Å². The second-order valence-corrected chi connectivity index (χ2v) is 7.08. The zero-order valence-corrected chi connectivity index (χ0v) is 16.7. The van der Waals surface area contributed by atoms with E-state index < -0.39 is 5.97 Å². The molecule has 0 aliphatic heterocycles. The summed E-state index contributed by atoms with van der Waals surface area (Å²) >= 11 is 7.08. The molecule has 0 aliphatic rings. The Balaban J connectivity index is 1.37. The minimum absolute atomic E-state index is 0.208. The number of hydrogen-bond donors (Lipinski definition) is 0. The van der Waals surface area contributed by atoms with Gasteiger partial charge in [0.05, 0.1) is 25.6 Å². The Morgan fingerprint density at radius 3 is 2.71 bits per heavy atom. The Morgan fingerprint density at radius 1 is 1.11 bits per heavy atom. The minimum Gasteiger partial charge on any atom is -0.486 e. The van der Waals surface area contributed by atoms with Crippen LogP contribution in [0.3, 0.4) is 0 Å². The maximum absolute atomic E-state index is 12.0. The number of rotatable bonds is 9. The lowest BCUT2D eigenvalue weighted by atomic mass is 10.2. The molecule has 0 spiro atoms. The number of aryl methyl sites for hydroxylation is 1. The van der Waals surface area contributed by atoms with Crippen molar-refractivity contribution in [2.24, 2.45) is 0 Å². The Kier molecular flexibility index (Phi) is 7.16. The highest BCUT2D eigenvalue weighted by atomic mass is 35.5. The molecule has 0 amide bonds. The Morgan fingerprint density at radius 2 is 1.93 bits per heavy atom. The van der Waals surface area contributed by atoms with Gasteiger partial charge in [0.25, 0.3) is 0 Å². The smallest absolute Gasteiger partial charge is 0.357 e. The lowest BCUT2D eigenvalue weighted by molar-refractivity contribution is 0.0479. The first-order chi connectivity index (χ1) is 13.6. The van der Waals surface area contributed by atoms with Crippen LogP contribution >= 0.6 is 22.9 Å². The maximum atomic E-state index is 12.0. The van der Waals surface area contributed by atoms with Crippen molar-refractivity contribution in [2.45, 2.75) is 20.0 Å². The second kappa shape index (κ2) is 10.0. The summed E-state index contributed by atoms with van der Waals surface area (Å²) in [5.41, 5.74) is 1.44. The first kappa shape index (κ1) is 20.0. The maximum Gasteiger partial charge on any atom is 0.357 e. The molecule has 146 valence electrons. The second-order valence-electron chi connectivity index (χ2n) is 5.75. The monoisotopic (exact) mass is 419 g/mol. The van der Waals surface area contributed by atoms with Gasteiger partial charge in [-0.3, -0.25) is 4.98 Å². The van der Waals surface area contributed by atoms with E-state index in [1.165, 1.54) is 23.7 Å². The van der Waals surface area contributed by atoms with Gasteiger partial charge in [-0.25, -0.2) is 9.78 Å². The Bertz CT molecular complexity index is 918. The zero-order valence-electron chi connectivity index (χ0n) is 15.1. The molecule has 3 aromatic rings. The number of halogens is 1. The molecule has 0 unspecified atom stereocenters. The third-order valence-corrected chi connectivity index (χ3v) is 4.50. The first-order valence-corrected chi connectivity index (χ1v) is 9.77. The molecule has 1 aromatic carbocycles. The fraction of sp³-hybridized carbons (Fsp3) is 0.263. The average Bonchev–Trinajstić information content (AvgIpc) is 3.16. The standard InChI is InChI=1S/C19H18ClN3O4S/c1-13-3-5-14(6-4-13)27-11-18-22-15(12-28-18)19(24)26-8-2-7-25-17-10-21-9-16(20)23-17/h3-6,9-10,12H,2,7-8,11H2,1H3. The van der Waals surface area contributed by atoms with Gasteiger partial charge in [-0.05, 0) is 19.1 Å². The van der Waals surface area contributed by atoms with Crippen LogP contribution in [-0.2, 0) is 11.3 Å². The summed E-state index contributed by atoms with van der Waals surface area (Å²) in [4.78, 5) is 24.1. The van der Waals surface area contributed by atoms with Crippen LogP contribution in [-0.4, -0.2) is 34.1 Å². The molecule has 2 heterocycles. The largest absolute Gasteiger partial charge is 0.486 e. The van der Waals surface area contributed by atoms with Crippen LogP contribution in [0.25, 0.3) is 0 Å². The van der Waals surface area contributed by atoms with Crippen molar-refractivity contribution in [3.8, 4) is 11.6 Å². The van der Waals surface area contributed by atoms with Crippen LogP contribution in [0, 0.1) is 6.92 Å². The number of thiazole rings is 1. The van der Waals surface area contributed by atoms with Gasteiger partial charge in [0.15, 0.2) is 10.8 Å². The molecular weight excluding hydrogens is 402 g/mol. The molecule has 7 nitrogen and oxygen atoms in total. The van der Waals surface area contributed by atoms with Gasteiger partial charge in [-0.1, -0.05) is 29.3 Å². The fourth-order valence-corrected chi connectivity index (χ4v) is 2.93. The Labute approximate surface area is 171 Å². The highest BCUT2D eigenvalue weighted by molar-refractivity contribution is 7.09.